The van der Waals surface area contributed by atoms with Crippen LogP contribution < -0.4 is 5.32 Å². The lowest BCUT2D eigenvalue weighted by Gasteiger charge is -2.16. The first-order chi connectivity index (χ1) is 14.4. The predicted octanol–water partition coefficient (Wildman–Crippen LogP) is 5.18. The van der Waals surface area contributed by atoms with Crippen molar-refractivity contribution >= 4 is 34.7 Å². The van der Waals surface area contributed by atoms with Crippen LogP contribution in [0.2, 0.25) is 5.02 Å². The lowest BCUT2D eigenvalue weighted by molar-refractivity contribution is -0.137. The Hall–Kier alpha value is -3.44. The number of nitrogens with zero attached hydrogens (tertiary/aromatic N) is 1. The summed E-state index contributed by atoms with van der Waals surface area (Å²) in [4.78, 5) is 27.5. The Bertz CT molecular complexity index is 1150. The van der Waals surface area contributed by atoms with Crippen LogP contribution in [0.5, 0.6) is 0 Å². The van der Waals surface area contributed by atoms with Gasteiger partial charge in [-0.1, -0.05) is 59.6 Å². The Morgan fingerprint density at radius 3 is 2.23 bits per heavy atom. The molecule has 1 heterocycles. The number of amides is 2. The van der Waals surface area contributed by atoms with Crippen LogP contribution in [0.1, 0.15) is 16.7 Å². The molecule has 6 heteroatoms. The van der Waals surface area contributed by atoms with Gasteiger partial charge in [-0.05, 0) is 42.8 Å². The zero-order valence-electron chi connectivity index (χ0n) is 16.2. The van der Waals surface area contributed by atoms with Crippen molar-refractivity contribution in [2.24, 2.45) is 0 Å². The number of carbonyl (C=O) groups excluding carboxylic acids is 2. The highest BCUT2D eigenvalue weighted by Gasteiger charge is 2.39. The standard InChI is InChI=1S/C24H18ClFN2O2/c1-15-6-12-19(13-7-15)27-22-21(16-8-10-18(25)11-9-16)23(29)28(24(22)30)14-17-4-2-3-5-20(17)26/h2-13,27H,14H2,1H3. The Labute approximate surface area is 178 Å². The summed E-state index contributed by atoms with van der Waals surface area (Å²) >= 11 is 5.98. The summed E-state index contributed by atoms with van der Waals surface area (Å²) in [5, 5.41) is 3.60. The van der Waals surface area contributed by atoms with Gasteiger partial charge in [0.2, 0.25) is 0 Å². The van der Waals surface area contributed by atoms with Gasteiger partial charge in [-0.15, -0.1) is 0 Å². The highest BCUT2D eigenvalue weighted by molar-refractivity contribution is 6.36. The molecule has 0 radical (unpaired) electrons. The molecule has 2 amide bonds. The summed E-state index contributed by atoms with van der Waals surface area (Å²) in [5.74, 6) is -1.46. The van der Waals surface area contributed by atoms with Gasteiger partial charge in [-0.25, -0.2) is 4.39 Å². The average molecular weight is 421 g/mol. The van der Waals surface area contributed by atoms with E-state index in [2.05, 4.69) is 5.32 Å². The Morgan fingerprint density at radius 1 is 0.900 bits per heavy atom. The van der Waals surface area contributed by atoms with Gasteiger partial charge in [0.1, 0.15) is 11.5 Å². The maximum absolute atomic E-state index is 14.2. The van der Waals surface area contributed by atoms with Crippen LogP contribution in [0.3, 0.4) is 0 Å². The van der Waals surface area contributed by atoms with E-state index in [9.17, 15) is 14.0 Å². The number of halogens is 2. The number of hydrogen-bond acceptors (Lipinski definition) is 3. The van der Waals surface area contributed by atoms with E-state index >= 15 is 0 Å². The van der Waals surface area contributed by atoms with Gasteiger partial charge < -0.3 is 5.32 Å². The van der Waals surface area contributed by atoms with E-state index in [1.807, 2.05) is 31.2 Å². The number of rotatable bonds is 5. The maximum atomic E-state index is 14.2. The Morgan fingerprint density at radius 2 is 1.57 bits per heavy atom. The molecule has 0 saturated carbocycles. The normalized spacial score (nSPS) is 13.9. The van der Waals surface area contributed by atoms with E-state index in [-0.39, 0.29) is 23.4 Å². The van der Waals surface area contributed by atoms with Gasteiger partial charge in [0.15, 0.2) is 0 Å². The largest absolute Gasteiger partial charge is 0.350 e. The monoisotopic (exact) mass is 420 g/mol. The summed E-state index contributed by atoms with van der Waals surface area (Å²) in [6, 6.07) is 20.3. The number of hydrogen-bond donors (Lipinski definition) is 1. The van der Waals surface area contributed by atoms with Crippen LogP contribution in [0.15, 0.2) is 78.5 Å². The van der Waals surface area contributed by atoms with Gasteiger partial charge in [0.05, 0.1) is 12.1 Å². The average Bonchev–Trinajstić information content (AvgIpc) is 2.96. The second-order valence-electron chi connectivity index (χ2n) is 7.04. The fourth-order valence-electron chi connectivity index (χ4n) is 3.30. The quantitative estimate of drug-likeness (QED) is 0.578. The smallest absolute Gasteiger partial charge is 0.278 e. The molecule has 0 aliphatic carbocycles. The number of anilines is 1. The Balaban J connectivity index is 1.74. The molecule has 150 valence electrons. The van der Waals surface area contributed by atoms with Crippen LogP contribution in [-0.4, -0.2) is 16.7 Å². The molecule has 4 nitrogen and oxygen atoms in total. The van der Waals surface area contributed by atoms with Crippen LogP contribution in [0, 0.1) is 12.7 Å². The minimum atomic E-state index is -0.506. The molecular weight excluding hydrogens is 403 g/mol. The minimum absolute atomic E-state index is 0.152. The van der Waals surface area contributed by atoms with E-state index in [0.29, 0.717) is 16.3 Å². The van der Waals surface area contributed by atoms with Gasteiger partial charge in [0.25, 0.3) is 11.8 Å². The first-order valence-corrected chi connectivity index (χ1v) is 9.75. The number of imide groups is 1. The minimum Gasteiger partial charge on any atom is -0.350 e. The van der Waals surface area contributed by atoms with Crippen molar-refractivity contribution in [1.29, 1.82) is 0 Å². The molecule has 4 rings (SSSR count). The molecule has 1 N–H and O–H groups in total. The molecule has 1 aliphatic heterocycles. The summed E-state index contributed by atoms with van der Waals surface area (Å²) in [6.07, 6.45) is 0. The maximum Gasteiger partial charge on any atom is 0.278 e. The van der Waals surface area contributed by atoms with E-state index in [1.54, 1.807) is 42.5 Å². The molecule has 0 atom stereocenters. The van der Waals surface area contributed by atoms with Crippen molar-refractivity contribution in [3.8, 4) is 0 Å². The second kappa shape index (κ2) is 8.13. The van der Waals surface area contributed by atoms with Crippen LogP contribution in [-0.2, 0) is 16.1 Å². The SMILES string of the molecule is Cc1ccc(NC2=C(c3ccc(Cl)cc3)C(=O)N(Cc3ccccc3F)C2=O)cc1. The molecule has 0 fully saturated rings. The molecule has 3 aromatic rings. The third-order valence-corrected chi connectivity index (χ3v) is 5.16. The van der Waals surface area contributed by atoms with E-state index in [1.165, 1.54) is 6.07 Å². The summed E-state index contributed by atoms with van der Waals surface area (Å²) < 4.78 is 14.2. The molecule has 0 bridgehead atoms. The second-order valence-corrected chi connectivity index (χ2v) is 7.47. The fraction of sp³-hybridized carbons (Fsp3) is 0.0833. The Kier molecular flexibility index (Phi) is 5.38. The first kappa shape index (κ1) is 19.9. The van der Waals surface area contributed by atoms with Crippen molar-refractivity contribution in [3.63, 3.8) is 0 Å². The zero-order chi connectivity index (χ0) is 21.3. The molecule has 1 aliphatic rings. The highest BCUT2D eigenvalue weighted by Crippen LogP contribution is 2.32. The molecule has 3 aromatic carbocycles. The fourth-order valence-corrected chi connectivity index (χ4v) is 3.42. The van der Waals surface area contributed by atoms with Gasteiger partial charge in [0, 0.05) is 16.3 Å². The van der Waals surface area contributed by atoms with Crippen LogP contribution in [0.25, 0.3) is 5.57 Å². The molecule has 30 heavy (non-hydrogen) atoms. The molecule has 0 unspecified atom stereocenters. The van der Waals surface area contributed by atoms with Crippen molar-refractivity contribution in [1.82, 2.24) is 4.90 Å². The third-order valence-electron chi connectivity index (χ3n) is 4.91. The molecule has 0 saturated heterocycles. The van der Waals surface area contributed by atoms with Crippen molar-refractivity contribution in [2.75, 3.05) is 5.32 Å². The molecular formula is C24H18ClFN2O2. The lowest BCUT2D eigenvalue weighted by Crippen LogP contribution is -2.32. The number of carbonyl (C=O) groups is 2. The van der Waals surface area contributed by atoms with E-state index in [0.717, 1.165) is 10.5 Å². The van der Waals surface area contributed by atoms with Crippen molar-refractivity contribution in [3.05, 3.63) is 106 Å². The van der Waals surface area contributed by atoms with E-state index < -0.39 is 17.6 Å². The van der Waals surface area contributed by atoms with E-state index in [4.69, 9.17) is 11.6 Å². The number of benzene rings is 3. The van der Waals surface area contributed by atoms with Gasteiger partial charge in [-0.2, -0.15) is 0 Å². The van der Waals surface area contributed by atoms with Crippen LogP contribution in [0.4, 0.5) is 10.1 Å². The van der Waals surface area contributed by atoms with Crippen LogP contribution >= 0.6 is 11.6 Å². The summed E-state index contributed by atoms with van der Waals surface area (Å²) in [7, 11) is 0. The molecule has 0 spiro atoms. The lowest BCUT2D eigenvalue weighted by atomic mass is 10.0. The zero-order valence-corrected chi connectivity index (χ0v) is 16.9. The summed E-state index contributed by atoms with van der Waals surface area (Å²) in [5.41, 5.74) is 2.96. The molecule has 0 aromatic heterocycles. The predicted molar refractivity (Wildman–Crippen MR) is 115 cm³/mol. The van der Waals surface area contributed by atoms with Crippen molar-refractivity contribution < 1.29 is 14.0 Å². The highest BCUT2D eigenvalue weighted by atomic mass is 35.5. The van der Waals surface area contributed by atoms with Gasteiger partial charge >= 0.3 is 0 Å². The van der Waals surface area contributed by atoms with Crippen molar-refractivity contribution in [2.45, 2.75) is 13.5 Å². The summed E-state index contributed by atoms with van der Waals surface area (Å²) in [6.45, 7) is 1.81. The topological polar surface area (TPSA) is 49.4 Å². The number of nitrogens with one attached hydrogen (secondary N) is 1. The van der Waals surface area contributed by atoms with Gasteiger partial charge in [-0.3, -0.25) is 14.5 Å². The third kappa shape index (κ3) is 3.84. The first-order valence-electron chi connectivity index (χ1n) is 9.37. The number of aryl methyl sites for hydroxylation is 1.